The van der Waals surface area contributed by atoms with Crippen LogP contribution in [0.25, 0.3) is 0 Å². The van der Waals surface area contributed by atoms with Crippen LogP contribution in [-0.4, -0.2) is 68.9 Å². The highest BCUT2D eigenvalue weighted by molar-refractivity contribution is 7.90. The number of aliphatic imine (C=N–C) groups is 1. The number of sulfonamides is 1. The fourth-order valence-electron chi connectivity index (χ4n) is 3.29. The van der Waals surface area contributed by atoms with Gasteiger partial charge in [0.25, 0.3) is 0 Å². The van der Waals surface area contributed by atoms with Gasteiger partial charge in [-0.1, -0.05) is 6.92 Å². The molecule has 2 fully saturated rings. The summed E-state index contributed by atoms with van der Waals surface area (Å²) in [6, 6.07) is 0. The Kier molecular flexibility index (Phi) is 6.58. The number of nitrogens with zero attached hydrogens (tertiary/aromatic N) is 3. The maximum atomic E-state index is 12.6. The normalized spacial score (nSPS) is 23.1. The molecule has 2 saturated heterocycles. The largest absolute Gasteiger partial charge is 0.511 e. The molecule has 0 atom stereocenters. The minimum atomic E-state index is -5.22. The maximum Gasteiger partial charge on any atom is 0.511 e. The zero-order valence-electron chi connectivity index (χ0n) is 14.7. The van der Waals surface area contributed by atoms with Crippen molar-refractivity contribution >= 4 is 16.0 Å². The number of alkyl halides is 3. The first kappa shape index (κ1) is 20.3. The van der Waals surface area contributed by atoms with Crippen molar-refractivity contribution in [3.8, 4) is 0 Å². The van der Waals surface area contributed by atoms with Gasteiger partial charge in [0.05, 0.1) is 0 Å². The SMILES string of the molecule is CN=C(NCC1CCN(S(=O)(=O)C(F)(F)F)CC1)N1CCC(C)CC1. The predicted octanol–water partition coefficient (Wildman–Crippen LogP) is 1.86. The van der Waals surface area contributed by atoms with Crippen molar-refractivity contribution in [2.45, 2.75) is 38.1 Å². The van der Waals surface area contributed by atoms with Gasteiger partial charge in [0.15, 0.2) is 5.96 Å². The van der Waals surface area contributed by atoms with Crippen molar-refractivity contribution in [1.82, 2.24) is 14.5 Å². The van der Waals surface area contributed by atoms with Crippen LogP contribution >= 0.6 is 0 Å². The van der Waals surface area contributed by atoms with Crippen LogP contribution in [0.4, 0.5) is 13.2 Å². The molecule has 0 unspecified atom stereocenters. The van der Waals surface area contributed by atoms with Gasteiger partial charge in [-0.2, -0.15) is 17.5 Å². The second-order valence-corrected chi connectivity index (χ2v) is 8.82. The van der Waals surface area contributed by atoms with Crippen molar-refractivity contribution in [2.75, 3.05) is 39.8 Å². The van der Waals surface area contributed by atoms with E-state index >= 15 is 0 Å². The summed E-state index contributed by atoms with van der Waals surface area (Å²) in [7, 11) is -3.48. The lowest BCUT2D eigenvalue weighted by atomic mass is 9.98. The van der Waals surface area contributed by atoms with Crippen molar-refractivity contribution in [2.24, 2.45) is 16.8 Å². The molecule has 6 nitrogen and oxygen atoms in total. The molecule has 2 aliphatic heterocycles. The third-order valence-electron chi connectivity index (χ3n) is 5.05. The Balaban J connectivity index is 1.80. The molecular weight excluding hydrogens is 357 g/mol. The number of likely N-dealkylation sites (tertiary alicyclic amines) is 1. The molecular formula is C15H27F3N4O2S. The van der Waals surface area contributed by atoms with E-state index in [0.717, 1.165) is 31.9 Å². The van der Waals surface area contributed by atoms with Gasteiger partial charge in [-0.05, 0) is 37.5 Å². The molecule has 10 heteroatoms. The standard InChI is InChI=1S/C15H27F3N4O2S/c1-12-3-7-21(8-4-12)14(19-2)20-11-13-5-9-22(10-6-13)25(23,24)15(16,17)18/h12-13H,3-11H2,1-2H3,(H,19,20). The van der Waals surface area contributed by atoms with Gasteiger partial charge < -0.3 is 10.2 Å². The minimum absolute atomic E-state index is 0.0893. The Hall–Kier alpha value is -1.03. The van der Waals surface area contributed by atoms with Crippen molar-refractivity contribution < 1.29 is 21.6 Å². The number of hydrogen-bond donors (Lipinski definition) is 1. The van der Waals surface area contributed by atoms with Crippen LogP contribution in [0.5, 0.6) is 0 Å². The lowest BCUT2D eigenvalue weighted by Crippen LogP contribution is -2.49. The third-order valence-corrected chi connectivity index (χ3v) is 6.68. The smallest absolute Gasteiger partial charge is 0.356 e. The molecule has 0 aromatic heterocycles. The summed E-state index contributed by atoms with van der Waals surface area (Å²) in [5.41, 5.74) is -5.22. The van der Waals surface area contributed by atoms with Gasteiger partial charge in [0.1, 0.15) is 0 Å². The number of piperidine rings is 2. The van der Waals surface area contributed by atoms with Crippen LogP contribution in [0.3, 0.4) is 0 Å². The molecule has 0 bridgehead atoms. The van der Waals surface area contributed by atoms with Gasteiger partial charge in [-0.3, -0.25) is 4.99 Å². The summed E-state index contributed by atoms with van der Waals surface area (Å²) >= 11 is 0. The number of nitrogens with one attached hydrogen (secondary N) is 1. The minimum Gasteiger partial charge on any atom is -0.356 e. The van der Waals surface area contributed by atoms with Gasteiger partial charge in [0, 0.05) is 39.8 Å². The zero-order valence-corrected chi connectivity index (χ0v) is 15.5. The van der Waals surface area contributed by atoms with E-state index in [2.05, 4.69) is 22.1 Å². The summed E-state index contributed by atoms with van der Waals surface area (Å²) in [5, 5.41) is 3.29. The molecule has 0 radical (unpaired) electrons. The van der Waals surface area contributed by atoms with Crippen LogP contribution < -0.4 is 5.32 Å². The first-order valence-electron chi connectivity index (χ1n) is 8.67. The van der Waals surface area contributed by atoms with Crippen LogP contribution in [0.15, 0.2) is 4.99 Å². The quantitative estimate of drug-likeness (QED) is 0.596. The summed E-state index contributed by atoms with van der Waals surface area (Å²) < 4.78 is 61.1. The van der Waals surface area contributed by atoms with Crippen LogP contribution in [0, 0.1) is 11.8 Å². The molecule has 0 saturated carbocycles. The van der Waals surface area contributed by atoms with Gasteiger partial charge in [0.2, 0.25) is 0 Å². The Bertz CT molecular complexity index is 564. The van der Waals surface area contributed by atoms with E-state index in [4.69, 9.17) is 0 Å². The second-order valence-electron chi connectivity index (χ2n) is 6.89. The van der Waals surface area contributed by atoms with E-state index in [0.29, 0.717) is 29.6 Å². The zero-order chi connectivity index (χ0) is 18.7. The van der Waals surface area contributed by atoms with Gasteiger partial charge in [-0.15, -0.1) is 0 Å². The molecule has 146 valence electrons. The van der Waals surface area contributed by atoms with Gasteiger partial charge >= 0.3 is 15.5 Å². The third kappa shape index (κ3) is 4.99. The molecule has 0 aromatic carbocycles. The summed E-state index contributed by atoms with van der Waals surface area (Å²) in [6.45, 7) is 4.54. The highest BCUT2D eigenvalue weighted by Crippen LogP contribution is 2.30. The molecule has 1 N–H and O–H groups in total. The van der Waals surface area contributed by atoms with E-state index in [-0.39, 0.29) is 19.0 Å². The molecule has 2 rings (SSSR count). The van der Waals surface area contributed by atoms with E-state index < -0.39 is 15.5 Å². The highest BCUT2D eigenvalue weighted by atomic mass is 32.2. The fraction of sp³-hybridized carbons (Fsp3) is 0.933. The van der Waals surface area contributed by atoms with Crippen molar-refractivity contribution in [1.29, 1.82) is 0 Å². The molecule has 25 heavy (non-hydrogen) atoms. The Morgan fingerprint density at radius 2 is 1.68 bits per heavy atom. The lowest BCUT2D eigenvalue weighted by molar-refractivity contribution is -0.0496. The van der Waals surface area contributed by atoms with Crippen molar-refractivity contribution in [3.63, 3.8) is 0 Å². The van der Waals surface area contributed by atoms with Crippen molar-refractivity contribution in [3.05, 3.63) is 0 Å². The number of halogens is 3. The van der Waals surface area contributed by atoms with E-state index in [1.54, 1.807) is 7.05 Å². The summed E-state index contributed by atoms with van der Waals surface area (Å²) in [5.74, 6) is 1.67. The number of rotatable bonds is 3. The first-order chi connectivity index (χ1) is 11.6. The summed E-state index contributed by atoms with van der Waals surface area (Å²) in [6.07, 6.45) is 3.06. The van der Waals surface area contributed by atoms with Crippen LogP contribution in [0.2, 0.25) is 0 Å². The molecule has 0 aliphatic carbocycles. The van der Waals surface area contributed by atoms with E-state index in [9.17, 15) is 21.6 Å². The molecule has 0 amide bonds. The Labute approximate surface area is 147 Å². The van der Waals surface area contributed by atoms with Crippen LogP contribution in [-0.2, 0) is 10.0 Å². The first-order valence-corrected chi connectivity index (χ1v) is 10.1. The number of hydrogen-bond acceptors (Lipinski definition) is 3. The molecule has 2 aliphatic rings. The summed E-state index contributed by atoms with van der Waals surface area (Å²) in [4.78, 5) is 6.48. The monoisotopic (exact) mass is 384 g/mol. The predicted molar refractivity (Wildman–Crippen MR) is 90.6 cm³/mol. The highest BCUT2D eigenvalue weighted by Gasteiger charge is 2.50. The fourth-order valence-corrected chi connectivity index (χ4v) is 4.27. The second kappa shape index (κ2) is 8.11. The molecule has 0 aromatic rings. The average molecular weight is 384 g/mol. The topological polar surface area (TPSA) is 65.0 Å². The Morgan fingerprint density at radius 3 is 2.16 bits per heavy atom. The maximum absolute atomic E-state index is 12.6. The molecule has 0 spiro atoms. The Morgan fingerprint density at radius 1 is 1.12 bits per heavy atom. The number of guanidine groups is 1. The average Bonchev–Trinajstić information content (AvgIpc) is 2.56. The van der Waals surface area contributed by atoms with E-state index in [1.165, 1.54) is 0 Å². The molecule has 2 heterocycles. The van der Waals surface area contributed by atoms with E-state index in [1.807, 2.05) is 0 Å². The van der Waals surface area contributed by atoms with Gasteiger partial charge in [-0.25, -0.2) is 8.42 Å². The van der Waals surface area contributed by atoms with Crippen LogP contribution in [0.1, 0.15) is 32.6 Å². The lowest BCUT2D eigenvalue weighted by Gasteiger charge is -2.35.